The van der Waals surface area contributed by atoms with Gasteiger partial charge in [0.1, 0.15) is 5.25 Å². The van der Waals surface area contributed by atoms with E-state index >= 15 is 0 Å². The highest BCUT2D eigenvalue weighted by Crippen LogP contribution is 2.39. The van der Waals surface area contributed by atoms with E-state index in [1.54, 1.807) is 17.0 Å². The molecule has 0 aromatic heterocycles. The van der Waals surface area contributed by atoms with Crippen molar-refractivity contribution in [3.63, 3.8) is 0 Å². The van der Waals surface area contributed by atoms with Gasteiger partial charge in [-0.25, -0.2) is 5.06 Å². The number of para-hydroxylation sites is 1. The number of hydrogen-bond donors (Lipinski definition) is 1. The first-order chi connectivity index (χ1) is 12.1. The lowest BCUT2D eigenvalue weighted by molar-refractivity contribution is -0.150. The molecule has 1 unspecified atom stereocenters. The molecule has 1 atom stereocenters. The number of thioether (sulfide) groups is 1. The van der Waals surface area contributed by atoms with Crippen molar-refractivity contribution in [3.05, 3.63) is 59.7 Å². The summed E-state index contributed by atoms with van der Waals surface area (Å²) in [7, 11) is 0. The molecule has 2 amide bonds. The molecule has 1 N–H and O–H groups in total. The van der Waals surface area contributed by atoms with Crippen LogP contribution in [-0.4, -0.2) is 34.4 Å². The Balaban J connectivity index is 1.90. The van der Waals surface area contributed by atoms with Crippen LogP contribution in [0.25, 0.3) is 0 Å². The predicted octanol–water partition coefficient (Wildman–Crippen LogP) is 2.41. The summed E-state index contributed by atoms with van der Waals surface area (Å²) < 4.78 is 0. The zero-order chi connectivity index (χ0) is 17.8. The number of fused-ring (bicyclic) bond motifs is 1. The highest BCUT2D eigenvalue weighted by atomic mass is 32.2. The van der Waals surface area contributed by atoms with E-state index in [0.717, 1.165) is 16.1 Å². The average Bonchev–Trinajstić information content (AvgIpc) is 2.65. The van der Waals surface area contributed by atoms with Crippen molar-refractivity contribution in [2.45, 2.75) is 16.7 Å². The van der Waals surface area contributed by atoms with Gasteiger partial charge in [-0.15, -0.1) is 11.8 Å². The fourth-order valence-electron chi connectivity index (χ4n) is 2.63. The van der Waals surface area contributed by atoms with Crippen molar-refractivity contribution >= 4 is 29.8 Å². The molecule has 0 fully saturated rings. The van der Waals surface area contributed by atoms with E-state index in [2.05, 4.69) is 6.07 Å². The monoisotopic (exact) mass is 353 g/mol. The van der Waals surface area contributed by atoms with Crippen LogP contribution >= 0.6 is 11.8 Å². The Morgan fingerprint density at radius 1 is 1.24 bits per heavy atom. The van der Waals surface area contributed by atoms with E-state index in [4.69, 9.17) is 5.26 Å². The molecule has 0 saturated heterocycles. The van der Waals surface area contributed by atoms with Crippen molar-refractivity contribution in [1.82, 2.24) is 5.06 Å². The second kappa shape index (κ2) is 7.38. The van der Waals surface area contributed by atoms with Crippen molar-refractivity contribution in [3.8, 4) is 6.07 Å². The molecular weight excluding hydrogens is 338 g/mol. The molecule has 0 aliphatic carbocycles. The molecule has 126 valence electrons. The number of benzene rings is 2. The van der Waals surface area contributed by atoms with Gasteiger partial charge in [-0.2, -0.15) is 5.26 Å². The Morgan fingerprint density at radius 2 is 1.96 bits per heavy atom. The lowest BCUT2D eigenvalue weighted by Crippen LogP contribution is -2.45. The van der Waals surface area contributed by atoms with Crippen LogP contribution in [0.15, 0.2) is 53.4 Å². The maximum Gasteiger partial charge on any atom is 0.242 e. The van der Waals surface area contributed by atoms with Crippen LogP contribution in [0.4, 0.5) is 5.69 Å². The molecule has 0 saturated carbocycles. The summed E-state index contributed by atoms with van der Waals surface area (Å²) in [5.41, 5.74) is 2.25. The van der Waals surface area contributed by atoms with Gasteiger partial charge in [0.15, 0.2) is 0 Å². The minimum Gasteiger partial charge on any atom is -0.306 e. The number of hydrogen-bond acceptors (Lipinski definition) is 5. The summed E-state index contributed by atoms with van der Waals surface area (Å²) in [6.07, 6.45) is 0.291. The second-order valence-corrected chi connectivity index (χ2v) is 6.78. The highest BCUT2D eigenvalue weighted by molar-refractivity contribution is 8.01. The van der Waals surface area contributed by atoms with Gasteiger partial charge in [-0.1, -0.05) is 24.3 Å². The van der Waals surface area contributed by atoms with Gasteiger partial charge in [0.05, 0.1) is 30.4 Å². The van der Waals surface area contributed by atoms with Crippen LogP contribution in [-0.2, 0) is 16.1 Å². The first-order valence-corrected chi connectivity index (χ1v) is 8.47. The van der Waals surface area contributed by atoms with Gasteiger partial charge in [-0.05, 0) is 29.8 Å². The second-order valence-electron chi connectivity index (χ2n) is 5.53. The van der Waals surface area contributed by atoms with Crippen LogP contribution in [0.5, 0.6) is 0 Å². The van der Waals surface area contributed by atoms with Gasteiger partial charge in [0.2, 0.25) is 12.3 Å². The van der Waals surface area contributed by atoms with E-state index in [1.165, 1.54) is 11.8 Å². The summed E-state index contributed by atoms with van der Waals surface area (Å²) in [6.45, 7) is 0.274. The smallest absolute Gasteiger partial charge is 0.242 e. The molecule has 3 rings (SSSR count). The maximum absolute atomic E-state index is 12.9. The molecule has 2 aromatic rings. The lowest BCUT2D eigenvalue weighted by atomic mass is 10.1. The molecular formula is C18H15N3O3S. The number of nitriles is 1. The molecule has 0 bridgehead atoms. The highest BCUT2D eigenvalue weighted by Gasteiger charge is 2.34. The fraction of sp³-hybridized carbons (Fsp3) is 0.167. The summed E-state index contributed by atoms with van der Waals surface area (Å²) in [5, 5.41) is 18.3. The first kappa shape index (κ1) is 17.0. The number of nitrogens with zero attached hydrogens (tertiary/aromatic N) is 3. The Hall–Kier alpha value is -2.82. The topological polar surface area (TPSA) is 84.6 Å². The minimum absolute atomic E-state index is 0.0782. The fourth-order valence-corrected chi connectivity index (χ4v) is 3.85. The standard InChI is InChI=1S/C18H15N3O3S/c19-9-13-5-7-14(8-6-13)10-21-15-3-1-2-4-16(15)25-17(18(21)23)11-20(24)12-22/h1-8,12,17,24H,10-11H2. The minimum atomic E-state index is -0.580. The number of carbonyl (C=O) groups is 2. The maximum atomic E-state index is 12.9. The van der Waals surface area contributed by atoms with Crippen LogP contribution in [0.3, 0.4) is 0 Å². The summed E-state index contributed by atoms with van der Waals surface area (Å²) in [5.74, 6) is -0.172. The molecule has 1 aliphatic heterocycles. The Bertz CT molecular complexity index is 832. The van der Waals surface area contributed by atoms with E-state index in [1.807, 2.05) is 36.4 Å². The first-order valence-electron chi connectivity index (χ1n) is 7.59. The van der Waals surface area contributed by atoms with Crippen molar-refractivity contribution in [1.29, 1.82) is 5.26 Å². The predicted molar refractivity (Wildman–Crippen MR) is 93.0 cm³/mol. The normalized spacial score (nSPS) is 16.1. The largest absolute Gasteiger partial charge is 0.306 e. The van der Waals surface area contributed by atoms with E-state index < -0.39 is 5.25 Å². The molecule has 2 aromatic carbocycles. The van der Waals surface area contributed by atoms with Gasteiger partial charge in [0, 0.05) is 4.90 Å². The van der Waals surface area contributed by atoms with Crippen LogP contribution in [0.2, 0.25) is 0 Å². The molecule has 25 heavy (non-hydrogen) atoms. The molecule has 0 radical (unpaired) electrons. The number of carbonyl (C=O) groups excluding carboxylic acids is 2. The Morgan fingerprint density at radius 3 is 2.64 bits per heavy atom. The van der Waals surface area contributed by atoms with Crippen molar-refractivity contribution in [2.24, 2.45) is 0 Å². The summed E-state index contributed by atoms with van der Waals surface area (Å²) in [6, 6.07) is 16.6. The van der Waals surface area contributed by atoms with E-state index in [9.17, 15) is 14.8 Å². The van der Waals surface area contributed by atoms with Crippen LogP contribution in [0, 0.1) is 11.3 Å². The van der Waals surface area contributed by atoms with Crippen LogP contribution in [0.1, 0.15) is 11.1 Å². The van der Waals surface area contributed by atoms with Crippen LogP contribution < -0.4 is 4.90 Å². The SMILES string of the molecule is N#Cc1ccc(CN2C(=O)C(CN(O)C=O)Sc3ccccc32)cc1. The number of amides is 2. The third-order valence-electron chi connectivity index (χ3n) is 3.87. The Kier molecular flexibility index (Phi) is 5.03. The average molecular weight is 353 g/mol. The van der Waals surface area contributed by atoms with Gasteiger partial charge < -0.3 is 4.90 Å². The quantitative estimate of drug-likeness (QED) is 0.507. The van der Waals surface area contributed by atoms with Gasteiger partial charge >= 0.3 is 0 Å². The van der Waals surface area contributed by atoms with Crippen molar-refractivity contribution in [2.75, 3.05) is 11.4 Å². The molecule has 1 aliphatic rings. The number of anilines is 1. The molecule has 7 heteroatoms. The van der Waals surface area contributed by atoms with Gasteiger partial charge in [-0.3, -0.25) is 14.8 Å². The van der Waals surface area contributed by atoms with E-state index in [-0.39, 0.29) is 12.5 Å². The zero-order valence-corrected chi connectivity index (χ0v) is 14.0. The third kappa shape index (κ3) is 3.65. The number of hydroxylamine groups is 2. The Labute approximate surface area is 149 Å². The summed E-state index contributed by atoms with van der Waals surface area (Å²) >= 11 is 1.33. The zero-order valence-electron chi connectivity index (χ0n) is 13.2. The molecule has 0 spiro atoms. The van der Waals surface area contributed by atoms with Gasteiger partial charge in [0.25, 0.3) is 0 Å². The molecule has 1 heterocycles. The lowest BCUT2D eigenvalue weighted by Gasteiger charge is -2.34. The number of rotatable bonds is 5. The molecule has 6 nitrogen and oxygen atoms in total. The van der Waals surface area contributed by atoms with E-state index in [0.29, 0.717) is 23.6 Å². The summed E-state index contributed by atoms with van der Waals surface area (Å²) in [4.78, 5) is 26.1. The van der Waals surface area contributed by atoms with Crippen molar-refractivity contribution < 1.29 is 14.8 Å². The third-order valence-corrected chi connectivity index (χ3v) is 5.10.